The van der Waals surface area contributed by atoms with Crippen LogP contribution >= 0.6 is 0 Å². The number of rotatable bonds is 9. The van der Waals surface area contributed by atoms with E-state index in [-0.39, 0.29) is 5.97 Å². The van der Waals surface area contributed by atoms with Crippen LogP contribution < -0.4 is 0 Å². The maximum atomic E-state index is 11.3. The molecule has 0 aromatic heterocycles. The third-order valence-electron chi connectivity index (χ3n) is 3.14. The summed E-state index contributed by atoms with van der Waals surface area (Å²) in [5.41, 5.74) is 1.36. The molecule has 0 aliphatic heterocycles. The van der Waals surface area contributed by atoms with Gasteiger partial charge in [0.2, 0.25) is 0 Å². The van der Waals surface area contributed by atoms with Crippen LogP contribution in [0.25, 0.3) is 0 Å². The monoisotopic (exact) mass is 272 g/mol. The Labute approximate surface area is 122 Å². The van der Waals surface area contributed by atoms with Crippen LogP contribution in [-0.2, 0) is 16.0 Å². The standard InChI is InChI=1S/C18H24O2/c1-3-9-16(14-15-18(19)20-4-2)12-8-13-17-10-6-5-7-11-17/h3,5-7,10-11,14-16H,1,4,8-9,12-13H2,2H3/b15-14+. The molecule has 0 fully saturated rings. The van der Waals surface area contributed by atoms with Crippen LogP contribution in [0.4, 0.5) is 0 Å². The fourth-order valence-corrected chi connectivity index (χ4v) is 2.12. The van der Waals surface area contributed by atoms with Crippen molar-refractivity contribution in [3.05, 3.63) is 60.7 Å². The number of hydrogen-bond donors (Lipinski definition) is 0. The molecule has 0 N–H and O–H groups in total. The Morgan fingerprint density at radius 1 is 1.35 bits per heavy atom. The molecule has 0 bridgehead atoms. The Kier molecular flexibility index (Phi) is 8.13. The molecule has 0 amide bonds. The van der Waals surface area contributed by atoms with Gasteiger partial charge in [-0.3, -0.25) is 0 Å². The van der Waals surface area contributed by atoms with Crippen LogP contribution in [0.2, 0.25) is 0 Å². The highest BCUT2D eigenvalue weighted by molar-refractivity contribution is 5.81. The third-order valence-corrected chi connectivity index (χ3v) is 3.14. The average molecular weight is 272 g/mol. The number of carbonyl (C=O) groups is 1. The van der Waals surface area contributed by atoms with Gasteiger partial charge in [0.05, 0.1) is 6.61 Å². The fraction of sp³-hybridized carbons (Fsp3) is 0.389. The van der Waals surface area contributed by atoms with E-state index in [4.69, 9.17) is 4.74 Å². The molecule has 0 spiro atoms. The zero-order valence-corrected chi connectivity index (χ0v) is 12.3. The van der Waals surface area contributed by atoms with Gasteiger partial charge in [0.15, 0.2) is 0 Å². The van der Waals surface area contributed by atoms with Crippen molar-refractivity contribution in [3.63, 3.8) is 0 Å². The molecule has 2 nitrogen and oxygen atoms in total. The molecule has 0 radical (unpaired) electrons. The van der Waals surface area contributed by atoms with Crippen LogP contribution in [0.5, 0.6) is 0 Å². The summed E-state index contributed by atoms with van der Waals surface area (Å²) in [6.45, 7) is 6.01. The van der Waals surface area contributed by atoms with Gasteiger partial charge >= 0.3 is 5.97 Å². The highest BCUT2D eigenvalue weighted by Crippen LogP contribution is 2.16. The molecule has 0 aliphatic rings. The summed E-state index contributed by atoms with van der Waals surface area (Å²) in [4.78, 5) is 11.3. The minimum absolute atomic E-state index is 0.260. The molecule has 1 aromatic rings. The lowest BCUT2D eigenvalue weighted by Gasteiger charge is -2.10. The van der Waals surface area contributed by atoms with Crippen molar-refractivity contribution < 1.29 is 9.53 Å². The van der Waals surface area contributed by atoms with Crippen LogP contribution in [-0.4, -0.2) is 12.6 Å². The van der Waals surface area contributed by atoms with Gasteiger partial charge in [0.25, 0.3) is 0 Å². The molecular formula is C18H24O2. The number of carbonyl (C=O) groups excluding carboxylic acids is 1. The Morgan fingerprint density at radius 2 is 2.10 bits per heavy atom. The number of benzene rings is 1. The lowest BCUT2D eigenvalue weighted by Crippen LogP contribution is -2.02. The first-order valence-corrected chi connectivity index (χ1v) is 7.26. The molecule has 1 rings (SSSR count). The van der Waals surface area contributed by atoms with Gasteiger partial charge in [-0.2, -0.15) is 0 Å². The van der Waals surface area contributed by atoms with Gasteiger partial charge < -0.3 is 4.74 Å². The Bertz CT molecular complexity index is 420. The molecule has 0 saturated heterocycles. The molecule has 0 aliphatic carbocycles. The SMILES string of the molecule is C=CCC(/C=C/C(=O)OCC)CCCc1ccccc1. The summed E-state index contributed by atoms with van der Waals surface area (Å²) >= 11 is 0. The molecule has 1 unspecified atom stereocenters. The van der Waals surface area contributed by atoms with Crippen molar-refractivity contribution in [1.29, 1.82) is 0 Å². The Hall–Kier alpha value is -1.83. The van der Waals surface area contributed by atoms with E-state index in [1.165, 1.54) is 5.56 Å². The number of esters is 1. The lowest BCUT2D eigenvalue weighted by molar-refractivity contribution is -0.137. The largest absolute Gasteiger partial charge is 0.463 e. The summed E-state index contributed by atoms with van der Waals surface area (Å²) < 4.78 is 4.89. The van der Waals surface area contributed by atoms with Gasteiger partial charge in [-0.1, -0.05) is 42.5 Å². The molecule has 1 aromatic carbocycles. The molecule has 0 heterocycles. The fourth-order valence-electron chi connectivity index (χ4n) is 2.12. The quantitative estimate of drug-likeness (QED) is 0.380. The van der Waals surface area contributed by atoms with E-state index in [1.807, 2.05) is 25.1 Å². The van der Waals surface area contributed by atoms with E-state index in [2.05, 4.69) is 30.8 Å². The van der Waals surface area contributed by atoms with Gasteiger partial charge in [0, 0.05) is 6.08 Å². The van der Waals surface area contributed by atoms with Crippen molar-refractivity contribution in [2.24, 2.45) is 5.92 Å². The maximum Gasteiger partial charge on any atom is 0.330 e. The van der Waals surface area contributed by atoms with Gasteiger partial charge in [0.1, 0.15) is 0 Å². The van der Waals surface area contributed by atoms with Gasteiger partial charge in [-0.25, -0.2) is 4.79 Å². The topological polar surface area (TPSA) is 26.3 Å². The number of hydrogen-bond acceptors (Lipinski definition) is 2. The van der Waals surface area contributed by atoms with Gasteiger partial charge in [-0.15, -0.1) is 6.58 Å². The minimum atomic E-state index is -0.260. The van der Waals surface area contributed by atoms with Crippen molar-refractivity contribution in [2.75, 3.05) is 6.61 Å². The Balaban J connectivity index is 2.38. The first kappa shape index (κ1) is 16.2. The summed E-state index contributed by atoms with van der Waals surface area (Å²) in [5.74, 6) is 0.102. The zero-order chi connectivity index (χ0) is 14.6. The number of ether oxygens (including phenoxy) is 1. The molecule has 20 heavy (non-hydrogen) atoms. The van der Waals surface area contributed by atoms with Gasteiger partial charge in [-0.05, 0) is 44.1 Å². The third kappa shape index (κ3) is 6.93. The summed E-state index contributed by atoms with van der Waals surface area (Å²) in [7, 11) is 0. The predicted octanol–water partition coefficient (Wildman–Crippen LogP) is 4.32. The van der Waals surface area contributed by atoms with Crippen molar-refractivity contribution in [1.82, 2.24) is 0 Å². The first-order valence-electron chi connectivity index (χ1n) is 7.26. The summed E-state index contributed by atoms with van der Waals surface area (Å²) in [6.07, 6.45) is 9.52. The van der Waals surface area contributed by atoms with Crippen LogP contribution in [0.15, 0.2) is 55.1 Å². The van der Waals surface area contributed by atoms with Crippen LogP contribution in [0.1, 0.15) is 31.7 Å². The molecule has 0 saturated carbocycles. The first-order chi connectivity index (χ1) is 9.76. The van der Waals surface area contributed by atoms with E-state index in [9.17, 15) is 4.79 Å². The van der Waals surface area contributed by atoms with E-state index in [1.54, 1.807) is 6.08 Å². The highest BCUT2D eigenvalue weighted by Gasteiger charge is 2.04. The predicted molar refractivity (Wildman–Crippen MR) is 83.5 cm³/mol. The zero-order valence-electron chi connectivity index (χ0n) is 12.3. The van der Waals surface area contributed by atoms with E-state index >= 15 is 0 Å². The molecule has 1 atom stereocenters. The van der Waals surface area contributed by atoms with Crippen molar-refractivity contribution >= 4 is 5.97 Å². The molecule has 108 valence electrons. The number of allylic oxidation sites excluding steroid dienone is 2. The second kappa shape index (κ2) is 10.0. The number of aryl methyl sites for hydroxylation is 1. The summed E-state index contributed by atoms with van der Waals surface area (Å²) in [5, 5.41) is 0. The normalized spacial score (nSPS) is 12.2. The summed E-state index contributed by atoms with van der Waals surface area (Å²) in [6, 6.07) is 10.5. The highest BCUT2D eigenvalue weighted by atomic mass is 16.5. The molecular weight excluding hydrogens is 248 g/mol. The van der Waals surface area contributed by atoms with E-state index < -0.39 is 0 Å². The second-order valence-corrected chi connectivity index (χ2v) is 4.77. The average Bonchev–Trinajstić information content (AvgIpc) is 2.46. The Morgan fingerprint density at radius 3 is 2.75 bits per heavy atom. The van der Waals surface area contributed by atoms with Crippen molar-refractivity contribution in [3.8, 4) is 0 Å². The minimum Gasteiger partial charge on any atom is -0.463 e. The van der Waals surface area contributed by atoms with Crippen LogP contribution in [0.3, 0.4) is 0 Å². The van der Waals surface area contributed by atoms with Crippen LogP contribution in [0, 0.1) is 5.92 Å². The maximum absolute atomic E-state index is 11.3. The van der Waals surface area contributed by atoms with E-state index in [0.717, 1.165) is 25.7 Å². The van der Waals surface area contributed by atoms with E-state index in [0.29, 0.717) is 12.5 Å². The lowest BCUT2D eigenvalue weighted by atomic mass is 9.96. The molecule has 2 heteroatoms. The smallest absolute Gasteiger partial charge is 0.330 e. The second-order valence-electron chi connectivity index (χ2n) is 4.77. The van der Waals surface area contributed by atoms with Crippen molar-refractivity contribution in [2.45, 2.75) is 32.6 Å².